The first kappa shape index (κ1) is 15.0. The van der Waals surface area contributed by atoms with Crippen molar-refractivity contribution in [1.82, 2.24) is 14.9 Å². The zero-order valence-corrected chi connectivity index (χ0v) is 12.6. The van der Waals surface area contributed by atoms with Crippen molar-refractivity contribution in [3.63, 3.8) is 0 Å². The van der Waals surface area contributed by atoms with E-state index in [1.807, 2.05) is 12.3 Å². The van der Waals surface area contributed by atoms with Gasteiger partial charge in [0.05, 0.1) is 0 Å². The maximum absolute atomic E-state index is 5.10. The van der Waals surface area contributed by atoms with E-state index in [2.05, 4.69) is 34.1 Å². The summed E-state index contributed by atoms with van der Waals surface area (Å²) in [6, 6.07) is 4.18. The van der Waals surface area contributed by atoms with Gasteiger partial charge in [-0.15, -0.1) is 0 Å². The maximum Gasteiger partial charge on any atom is 0.140 e. The number of ether oxygens (including phenoxy) is 1. The van der Waals surface area contributed by atoms with Gasteiger partial charge in [-0.3, -0.25) is 0 Å². The highest BCUT2D eigenvalue weighted by molar-refractivity contribution is 5.80. The van der Waals surface area contributed by atoms with E-state index < -0.39 is 0 Å². The Morgan fingerprint density at radius 2 is 2.25 bits per heavy atom. The molecule has 0 bridgehead atoms. The molecule has 0 spiro atoms. The van der Waals surface area contributed by atoms with Crippen LogP contribution in [0.5, 0.6) is 0 Å². The molecule has 0 saturated carbocycles. The van der Waals surface area contributed by atoms with Crippen LogP contribution in [0.25, 0.3) is 11.0 Å². The first-order valence-electron chi connectivity index (χ1n) is 7.49. The summed E-state index contributed by atoms with van der Waals surface area (Å²) in [5.74, 6) is 0. The number of nitrogens with zero attached hydrogens (tertiary/aromatic N) is 2. The van der Waals surface area contributed by atoms with Gasteiger partial charge in [0.25, 0.3) is 0 Å². The molecule has 0 aliphatic rings. The van der Waals surface area contributed by atoms with Crippen LogP contribution in [0, 0.1) is 0 Å². The lowest BCUT2D eigenvalue weighted by Crippen LogP contribution is -2.13. The lowest BCUT2D eigenvalue weighted by Gasteiger charge is -2.04. The summed E-state index contributed by atoms with van der Waals surface area (Å²) in [5, 5.41) is 4.74. The van der Waals surface area contributed by atoms with Crippen molar-refractivity contribution in [2.75, 3.05) is 20.3 Å². The Balaban J connectivity index is 2.09. The average molecular weight is 275 g/mol. The van der Waals surface area contributed by atoms with Crippen LogP contribution in [-0.4, -0.2) is 29.8 Å². The number of aromatic nitrogens is 2. The summed E-state index contributed by atoms with van der Waals surface area (Å²) in [5.41, 5.74) is 2.44. The van der Waals surface area contributed by atoms with Crippen molar-refractivity contribution < 1.29 is 4.74 Å². The zero-order valence-electron chi connectivity index (χ0n) is 12.6. The molecular weight excluding hydrogens is 250 g/mol. The van der Waals surface area contributed by atoms with Crippen LogP contribution in [-0.2, 0) is 17.8 Å². The van der Waals surface area contributed by atoms with E-state index in [0.717, 1.165) is 51.2 Å². The van der Waals surface area contributed by atoms with E-state index >= 15 is 0 Å². The molecule has 2 rings (SSSR count). The molecule has 4 heteroatoms. The molecule has 0 unspecified atom stereocenters. The lowest BCUT2D eigenvalue weighted by molar-refractivity contribution is 0.191. The van der Waals surface area contributed by atoms with Gasteiger partial charge in [-0.2, -0.15) is 0 Å². The van der Waals surface area contributed by atoms with Crippen LogP contribution in [0.4, 0.5) is 0 Å². The fourth-order valence-corrected chi connectivity index (χ4v) is 2.43. The maximum atomic E-state index is 5.10. The smallest absolute Gasteiger partial charge is 0.140 e. The van der Waals surface area contributed by atoms with Crippen LogP contribution in [0.3, 0.4) is 0 Å². The highest BCUT2D eigenvalue weighted by atomic mass is 16.5. The molecule has 0 aromatic carbocycles. The van der Waals surface area contributed by atoms with Gasteiger partial charge in [-0.05, 0) is 43.5 Å². The predicted molar refractivity (Wildman–Crippen MR) is 82.8 cm³/mol. The molecule has 110 valence electrons. The summed E-state index contributed by atoms with van der Waals surface area (Å²) < 4.78 is 7.37. The normalized spacial score (nSPS) is 11.3. The van der Waals surface area contributed by atoms with Crippen LogP contribution in [0.2, 0.25) is 0 Å². The fraction of sp³-hybridized carbons (Fsp3) is 0.562. The predicted octanol–water partition coefficient (Wildman–Crippen LogP) is 2.96. The number of pyridine rings is 1. The Morgan fingerprint density at radius 1 is 1.35 bits per heavy atom. The van der Waals surface area contributed by atoms with Gasteiger partial charge in [0.1, 0.15) is 5.65 Å². The van der Waals surface area contributed by atoms with E-state index in [4.69, 9.17) is 4.74 Å². The van der Waals surface area contributed by atoms with Crippen molar-refractivity contribution >= 4 is 11.0 Å². The van der Waals surface area contributed by atoms with Crippen molar-refractivity contribution in [2.24, 2.45) is 0 Å². The number of unbranched alkanes of at least 4 members (excludes halogenated alkanes) is 1. The monoisotopic (exact) mass is 275 g/mol. The number of hydrogen-bond donors (Lipinski definition) is 1. The Kier molecular flexibility index (Phi) is 6.02. The quantitative estimate of drug-likeness (QED) is 0.715. The lowest BCUT2D eigenvalue weighted by atomic mass is 10.2. The van der Waals surface area contributed by atoms with Crippen LogP contribution in [0.1, 0.15) is 31.7 Å². The second-order valence-corrected chi connectivity index (χ2v) is 5.10. The number of nitrogens with one attached hydrogen (secondary N) is 1. The molecule has 0 aliphatic carbocycles. The second-order valence-electron chi connectivity index (χ2n) is 5.10. The average Bonchev–Trinajstić information content (AvgIpc) is 2.83. The molecule has 1 N–H and O–H groups in total. The minimum atomic E-state index is 0.831. The van der Waals surface area contributed by atoms with E-state index in [0.29, 0.717) is 0 Å². The van der Waals surface area contributed by atoms with Gasteiger partial charge in [-0.25, -0.2) is 4.98 Å². The minimum Gasteiger partial charge on any atom is -0.385 e. The fourth-order valence-electron chi connectivity index (χ4n) is 2.43. The van der Waals surface area contributed by atoms with Crippen molar-refractivity contribution in [3.8, 4) is 0 Å². The Hall–Kier alpha value is -1.39. The van der Waals surface area contributed by atoms with Crippen molar-refractivity contribution in [1.29, 1.82) is 0 Å². The Morgan fingerprint density at radius 3 is 3.05 bits per heavy atom. The van der Waals surface area contributed by atoms with Crippen LogP contribution in [0.15, 0.2) is 24.5 Å². The van der Waals surface area contributed by atoms with Gasteiger partial charge >= 0.3 is 0 Å². The molecule has 0 aliphatic heterocycles. The second kappa shape index (κ2) is 8.02. The van der Waals surface area contributed by atoms with Gasteiger partial charge in [-0.1, -0.05) is 6.92 Å². The first-order chi connectivity index (χ1) is 9.86. The summed E-state index contributed by atoms with van der Waals surface area (Å²) in [4.78, 5) is 4.53. The molecule has 2 aromatic rings. The molecule has 0 saturated heterocycles. The number of fused-ring (bicyclic) bond motifs is 1. The SMILES string of the molecule is CCCNCc1cn(CCCCOC)c2ncccc12. The van der Waals surface area contributed by atoms with Gasteiger partial charge in [0.2, 0.25) is 0 Å². The Labute approximate surface area is 121 Å². The molecule has 4 nitrogen and oxygen atoms in total. The first-order valence-corrected chi connectivity index (χ1v) is 7.49. The molecule has 20 heavy (non-hydrogen) atoms. The summed E-state index contributed by atoms with van der Waals surface area (Å²) in [6.07, 6.45) is 7.49. The van der Waals surface area contributed by atoms with E-state index in [1.54, 1.807) is 7.11 Å². The Bertz CT molecular complexity index is 521. The highest BCUT2D eigenvalue weighted by Gasteiger charge is 2.08. The summed E-state index contributed by atoms with van der Waals surface area (Å²) >= 11 is 0. The third-order valence-corrected chi connectivity index (χ3v) is 3.46. The van der Waals surface area contributed by atoms with Gasteiger partial charge in [0.15, 0.2) is 0 Å². The summed E-state index contributed by atoms with van der Waals surface area (Å²) in [6.45, 7) is 6.00. The van der Waals surface area contributed by atoms with E-state index in [9.17, 15) is 0 Å². The van der Waals surface area contributed by atoms with Gasteiger partial charge in [0, 0.05) is 44.6 Å². The molecule has 0 amide bonds. The number of methoxy groups -OCH3 is 1. The summed E-state index contributed by atoms with van der Waals surface area (Å²) in [7, 11) is 1.75. The van der Waals surface area contributed by atoms with Crippen LogP contribution >= 0.6 is 0 Å². The van der Waals surface area contributed by atoms with Crippen molar-refractivity contribution in [3.05, 3.63) is 30.1 Å². The number of hydrogen-bond acceptors (Lipinski definition) is 3. The third-order valence-electron chi connectivity index (χ3n) is 3.46. The number of rotatable bonds is 9. The molecule has 2 heterocycles. The number of aryl methyl sites for hydroxylation is 1. The molecule has 0 fully saturated rings. The highest BCUT2D eigenvalue weighted by Crippen LogP contribution is 2.19. The topological polar surface area (TPSA) is 39.1 Å². The largest absolute Gasteiger partial charge is 0.385 e. The van der Waals surface area contributed by atoms with Crippen molar-refractivity contribution in [2.45, 2.75) is 39.3 Å². The van der Waals surface area contributed by atoms with Crippen LogP contribution < -0.4 is 5.32 Å². The molecule has 0 atom stereocenters. The van der Waals surface area contributed by atoms with Gasteiger partial charge < -0.3 is 14.6 Å². The standard InChI is InChI=1S/C16H25N3O/c1-3-8-17-12-14-13-19(10-4-5-11-20-2)16-15(14)7-6-9-18-16/h6-7,9,13,17H,3-5,8,10-12H2,1-2H3. The minimum absolute atomic E-state index is 0.831. The van der Waals surface area contributed by atoms with E-state index in [1.165, 1.54) is 10.9 Å². The third kappa shape index (κ3) is 3.81. The molecule has 2 aromatic heterocycles. The molecular formula is C16H25N3O. The molecule has 0 radical (unpaired) electrons. The zero-order chi connectivity index (χ0) is 14.2. The van der Waals surface area contributed by atoms with E-state index in [-0.39, 0.29) is 0 Å².